The monoisotopic (exact) mass is 446 g/mol. The topological polar surface area (TPSA) is 94.4 Å². The second kappa shape index (κ2) is 8.46. The smallest absolute Gasteiger partial charge is 0.335 e. The lowest BCUT2D eigenvalue weighted by molar-refractivity contribution is -0.142. The van der Waals surface area contributed by atoms with Crippen molar-refractivity contribution in [2.24, 2.45) is 10.2 Å². The van der Waals surface area contributed by atoms with Crippen molar-refractivity contribution in [1.82, 2.24) is 5.43 Å². The third-order valence-electron chi connectivity index (χ3n) is 5.84. The minimum atomic E-state index is -1.65. The van der Waals surface area contributed by atoms with E-state index in [4.69, 9.17) is 0 Å². The predicted octanol–water partition coefficient (Wildman–Crippen LogP) is 3.98. The number of carboxylic acid groups (broad SMARTS) is 1. The van der Waals surface area contributed by atoms with Crippen molar-refractivity contribution in [3.8, 4) is 0 Å². The molecule has 0 radical (unpaired) electrons. The molecule has 2 N–H and O–H groups in total. The molecule has 33 heavy (non-hydrogen) atoms. The van der Waals surface area contributed by atoms with Gasteiger partial charge in [0, 0.05) is 12.0 Å². The van der Waals surface area contributed by atoms with Crippen LogP contribution < -0.4 is 10.4 Å². The van der Waals surface area contributed by atoms with Crippen molar-refractivity contribution >= 4 is 34.6 Å². The number of anilines is 1. The van der Waals surface area contributed by atoms with Crippen LogP contribution in [0.15, 0.2) is 70.9 Å². The number of carbonyl (C=O) groups excluding carboxylic acids is 1. The number of benzene rings is 2. The summed E-state index contributed by atoms with van der Waals surface area (Å²) in [6.45, 7) is 5.55. The number of rotatable bonds is 5. The average molecular weight is 446 g/mol. The highest BCUT2D eigenvalue weighted by atomic mass is 19.1. The summed E-state index contributed by atoms with van der Waals surface area (Å²) in [5.41, 5.74) is 4.92. The summed E-state index contributed by atoms with van der Waals surface area (Å²) in [5, 5.41) is 19.7. The Morgan fingerprint density at radius 1 is 1.18 bits per heavy atom. The van der Waals surface area contributed by atoms with Crippen molar-refractivity contribution in [3.63, 3.8) is 0 Å². The number of hydrogen-bond donors (Lipinski definition) is 2. The van der Waals surface area contributed by atoms with Crippen LogP contribution in [0, 0.1) is 19.7 Å². The lowest BCUT2D eigenvalue weighted by atomic mass is 9.84. The highest BCUT2D eigenvalue weighted by molar-refractivity contribution is 6.71. The molecule has 8 heteroatoms. The molecular formula is C25H23FN4O3. The molecule has 0 saturated heterocycles. The summed E-state index contributed by atoms with van der Waals surface area (Å²) < 4.78 is 14.3. The summed E-state index contributed by atoms with van der Waals surface area (Å²) in [6.07, 6.45) is 4.60. The Labute approximate surface area is 190 Å². The number of allylic oxidation sites excluding steroid dienone is 2. The molecule has 0 saturated carbocycles. The van der Waals surface area contributed by atoms with Gasteiger partial charge in [0.1, 0.15) is 5.82 Å². The Hall–Kier alpha value is -4.07. The van der Waals surface area contributed by atoms with Gasteiger partial charge < -0.3 is 5.11 Å². The highest BCUT2D eigenvalue weighted by Gasteiger charge is 2.40. The Morgan fingerprint density at radius 2 is 1.94 bits per heavy atom. The molecule has 2 aromatic rings. The number of hydrazone groups is 2. The maximum absolute atomic E-state index is 14.3. The molecule has 168 valence electrons. The van der Waals surface area contributed by atoms with Crippen molar-refractivity contribution in [2.45, 2.75) is 32.7 Å². The Balaban J connectivity index is 1.61. The van der Waals surface area contributed by atoms with E-state index in [1.807, 2.05) is 26.0 Å². The number of carbonyl (C=O) groups is 2. The number of aliphatic carboxylic acids is 1. The highest BCUT2D eigenvalue weighted by Crippen LogP contribution is 2.32. The molecule has 2 aromatic carbocycles. The van der Waals surface area contributed by atoms with Crippen molar-refractivity contribution in [3.05, 3.63) is 83.2 Å². The normalized spacial score (nSPS) is 21.3. The summed E-state index contributed by atoms with van der Waals surface area (Å²) in [4.78, 5) is 25.2. The van der Waals surface area contributed by atoms with E-state index in [0.29, 0.717) is 22.5 Å². The van der Waals surface area contributed by atoms with Crippen LogP contribution in [0.3, 0.4) is 0 Å². The van der Waals surface area contributed by atoms with Gasteiger partial charge in [-0.1, -0.05) is 36.4 Å². The zero-order valence-corrected chi connectivity index (χ0v) is 18.5. The van der Waals surface area contributed by atoms with E-state index in [2.05, 4.69) is 15.6 Å². The number of aryl methyl sites for hydroxylation is 2. The van der Waals surface area contributed by atoms with Crippen LogP contribution in [0.5, 0.6) is 0 Å². The molecule has 1 aliphatic carbocycles. The molecule has 0 aromatic heterocycles. The molecule has 4 rings (SSSR count). The van der Waals surface area contributed by atoms with Gasteiger partial charge in [0.2, 0.25) is 0 Å². The van der Waals surface area contributed by atoms with Gasteiger partial charge in [-0.25, -0.2) is 9.18 Å². The van der Waals surface area contributed by atoms with Gasteiger partial charge in [-0.05, 0) is 61.7 Å². The van der Waals surface area contributed by atoms with Gasteiger partial charge in [0.15, 0.2) is 11.3 Å². The second-order valence-corrected chi connectivity index (χ2v) is 8.13. The van der Waals surface area contributed by atoms with Gasteiger partial charge >= 0.3 is 11.9 Å². The SMILES string of the molecule is CC1=NN(c2ccc(C)c(C)c2)C(=O)/C1=N\NC1(C(=O)O)C=CC=C(c2ccccc2F)C1. The van der Waals surface area contributed by atoms with Crippen LogP contribution in [-0.4, -0.2) is 33.9 Å². The maximum Gasteiger partial charge on any atom is 0.335 e. The van der Waals surface area contributed by atoms with E-state index in [0.717, 1.165) is 11.1 Å². The van der Waals surface area contributed by atoms with Gasteiger partial charge in [-0.15, -0.1) is 0 Å². The van der Waals surface area contributed by atoms with Crippen LogP contribution >= 0.6 is 0 Å². The predicted molar refractivity (Wildman–Crippen MR) is 126 cm³/mol. The number of nitrogens with zero attached hydrogens (tertiary/aromatic N) is 3. The van der Waals surface area contributed by atoms with E-state index in [1.54, 1.807) is 43.3 Å². The van der Waals surface area contributed by atoms with E-state index >= 15 is 0 Å². The van der Waals surface area contributed by atoms with Gasteiger partial charge in [-0.2, -0.15) is 15.2 Å². The number of amides is 1. The standard InChI is InChI=1S/C25H23FN4O3/c1-15-10-11-19(13-16(15)2)30-23(31)22(17(3)28-30)27-29-25(24(32)33)12-6-7-18(14-25)20-8-4-5-9-21(20)26/h4-13,29H,14H2,1-3H3,(H,32,33)/b27-22-. The van der Waals surface area contributed by atoms with E-state index < -0.39 is 23.2 Å². The van der Waals surface area contributed by atoms with Crippen LogP contribution in [-0.2, 0) is 9.59 Å². The quantitative estimate of drug-likeness (QED) is 0.680. The third kappa shape index (κ3) is 4.07. The number of hydrogen-bond acceptors (Lipinski definition) is 5. The number of halogens is 1. The maximum atomic E-state index is 14.3. The zero-order chi connectivity index (χ0) is 23.8. The minimum Gasteiger partial charge on any atom is -0.479 e. The Bertz CT molecular complexity index is 1280. The van der Waals surface area contributed by atoms with Crippen LogP contribution in [0.1, 0.15) is 30.0 Å². The lowest BCUT2D eigenvalue weighted by Gasteiger charge is -2.29. The zero-order valence-electron chi connectivity index (χ0n) is 18.5. The first-order valence-electron chi connectivity index (χ1n) is 10.4. The first-order chi connectivity index (χ1) is 15.7. The van der Waals surface area contributed by atoms with E-state index in [-0.39, 0.29) is 12.1 Å². The Morgan fingerprint density at radius 3 is 2.64 bits per heavy atom. The lowest BCUT2D eigenvalue weighted by Crippen LogP contribution is -2.50. The number of nitrogens with one attached hydrogen (secondary N) is 1. The van der Waals surface area contributed by atoms with Crippen molar-refractivity contribution < 1.29 is 19.1 Å². The van der Waals surface area contributed by atoms with E-state index in [1.165, 1.54) is 17.2 Å². The fourth-order valence-corrected chi connectivity index (χ4v) is 3.74. The third-order valence-corrected chi connectivity index (χ3v) is 5.84. The van der Waals surface area contributed by atoms with Crippen molar-refractivity contribution in [1.29, 1.82) is 0 Å². The Kier molecular flexibility index (Phi) is 5.68. The molecule has 2 aliphatic rings. The fraction of sp³-hybridized carbons (Fsp3) is 0.200. The minimum absolute atomic E-state index is 0.0178. The first-order valence-corrected chi connectivity index (χ1v) is 10.4. The van der Waals surface area contributed by atoms with Crippen LogP contribution in [0.4, 0.5) is 10.1 Å². The molecule has 7 nitrogen and oxygen atoms in total. The van der Waals surface area contributed by atoms with Gasteiger partial charge in [0.05, 0.1) is 11.4 Å². The molecule has 1 unspecified atom stereocenters. The molecule has 1 atom stereocenters. The molecule has 1 aliphatic heterocycles. The molecule has 0 fully saturated rings. The molecular weight excluding hydrogens is 423 g/mol. The molecule has 1 amide bonds. The van der Waals surface area contributed by atoms with Crippen LogP contribution in [0.25, 0.3) is 5.57 Å². The van der Waals surface area contributed by atoms with E-state index in [9.17, 15) is 19.1 Å². The summed E-state index contributed by atoms with van der Waals surface area (Å²) in [5.74, 6) is -2.10. The summed E-state index contributed by atoms with van der Waals surface area (Å²) in [7, 11) is 0. The number of carboxylic acids is 1. The fourth-order valence-electron chi connectivity index (χ4n) is 3.74. The molecule has 1 heterocycles. The summed E-state index contributed by atoms with van der Waals surface area (Å²) >= 11 is 0. The largest absolute Gasteiger partial charge is 0.479 e. The average Bonchev–Trinajstić information content (AvgIpc) is 3.08. The first kappa shape index (κ1) is 22.1. The van der Waals surface area contributed by atoms with Gasteiger partial charge in [-0.3, -0.25) is 10.2 Å². The van der Waals surface area contributed by atoms with Gasteiger partial charge in [0.25, 0.3) is 0 Å². The second-order valence-electron chi connectivity index (χ2n) is 8.13. The summed E-state index contributed by atoms with van der Waals surface area (Å²) in [6, 6.07) is 11.7. The van der Waals surface area contributed by atoms with Crippen molar-refractivity contribution in [2.75, 3.05) is 5.01 Å². The molecule has 0 bridgehead atoms. The molecule has 0 spiro atoms. The van der Waals surface area contributed by atoms with Crippen LogP contribution in [0.2, 0.25) is 0 Å².